The number of rotatable bonds is 3. The van der Waals surface area contributed by atoms with Crippen molar-refractivity contribution in [3.8, 4) is 0 Å². The van der Waals surface area contributed by atoms with Gasteiger partial charge in [-0.1, -0.05) is 18.2 Å². The molecule has 71 valence electrons. The van der Waals surface area contributed by atoms with Crippen molar-refractivity contribution in [2.45, 2.75) is 6.54 Å². The molecule has 0 saturated heterocycles. The molecule has 2 rings (SSSR count). The third kappa shape index (κ3) is 1.91. The summed E-state index contributed by atoms with van der Waals surface area (Å²) in [6.45, 7) is 5.31. The molecule has 0 spiro atoms. The van der Waals surface area contributed by atoms with Crippen LogP contribution < -0.4 is 5.32 Å². The molecule has 1 heterocycles. The highest BCUT2D eigenvalue weighted by molar-refractivity contribution is 5.78. The third-order valence-electron chi connectivity index (χ3n) is 2.15. The second kappa shape index (κ2) is 4.20. The van der Waals surface area contributed by atoms with Gasteiger partial charge in [-0.25, -0.2) is 0 Å². The number of hydrogen-bond acceptors (Lipinski definition) is 2. The van der Waals surface area contributed by atoms with Gasteiger partial charge in [0.15, 0.2) is 0 Å². The third-order valence-corrected chi connectivity index (χ3v) is 2.15. The van der Waals surface area contributed by atoms with E-state index < -0.39 is 0 Å². The molecule has 0 amide bonds. The number of hydrogen-bond donors (Lipinski definition) is 1. The molecular formula is C12H13N2. The van der Waals surface area contributed by atoms with Crippen LogP contribution in [0.25, 0.3) is 10.9 Å². The Balaban J connectivity index is 2.32. The second-order valence-electron chi connectivity index (χ2n) is 3.21. The summed E-state index contributed by atoms with van der Waals surface area (Å²) >= 11 is 0. The van der Waals surface area contributed by atoms with E-state index in [9.17, 15) is 0 Å². The SMILES string of the molecule is [CH2]CNCc1cnc2ccccc2c1. The van der Waals surface area contributed by atoms with Gasteiger partial charge in [0.05, 0.1) is 5.52 Å². The Labute approximate surface area is 84.0 Å². The number of aromatic nitrogens is 1. The maximum atomic E-state index is 4.37. The molecule has 2 nitrogen and oxygen atoms in total. The van der Waals surface area contributed by atoms with E-state index in [0.717, 1.165) is 18.6 Å². The molecule has 0 atom stereocenters. The van der Waals surface area contributed by atoms with Crippen LogP contribution in [0.15, 0.2) is 36.5 Å². The lowest BCUT2D eigenvalue weighted by Crippen LogP contribution is -2.11. The van der Waals surface area contributed by atoms with Crippen molar-refractivity contribution in [3.05, 3.63) is 49.0 Å². The van der Waals surface area contributed by atoms with E-state index in [1.807, 2.05) is 24.4 Å². The lowest BCUT2D eigenvalue weighted by Gasteiger charge is -2.02. The first-order chi connectivity index (χ1) is 6.90. The zero-order chi connectivity index (χ0) is 9.80. The summed E-state index contributed by atoms with van der Waals surface area (Å²) in [7, 11) is 0. The Kier molecular flexibility index (Phi) is 2.75. The van der Waals surface area contributed by atoms with Crippen LogP contribution in [0, 0.1) is 6.92 Å². The Morgan fingerprint density at radius 2 is 2.14 bits per heavy atom. The van der Waals surface area contributed by atoms with E-state index in [-0.39, 0.29) is 0 Å². The van der Waals surface area contributed by atoms with Gasteiger partial charge < -0.3 is 5.32 Å². The molecule has 1 aromatic heterocycles. The Morgan fingerprint density at radius 3 is 3.00 bits per heavy atom. The predicted octanol–water partition coefficient (Wildman–Crippen LogP) is 2.16. The van der Waals surface area contributed by atoms with Crippen molar-refractivity contribution < 1.29 is 0 Å². The minimum atomic E-state index is 0.743. The number of pyridine rings is 1. The van der Waals surface area contributed by atoms with Crippen LogP contribution in [0.3, 0.4) is 0 Å². The van der Waals surface area contributed by atoms with Crippen molar-refractivity contribution >= 4 is 10.9 Å². The van der Waals surface area contributed by atoms with Gasteiger partial charge in [-0.05, 0) is 31.2 Å². The van der Waals surface area contributed by atoms with Gasteiger partial charge in [0.25, 0.3) is 0 Å². The number of fused-ring (bicyclic) bond motifs is 1. The van der Waals surface area contributed by atoms with E-state index in [0.29, 0.717) is 0 Å². The second-order valence-corrected chi connectivity index (χ2v) is 3.21. The summed E-state index contributed by atoms with van der Waals surface area (Å²) in [5.74, 6) is 0. The minimum absolute atomic E-state index is 0.743. The quantitative estimate of drug-likeness (QED) is 0.792. The van der Waals surface area contributed by atoms with E-state index in [1.54, 1.807) is 0 Å². The Morgan fingerprint density at radius 1 is 1.29 bits per heavy atom. The highest BCUT2D eigenvalue weighted by atomic mass is 14.8. The largest absolute Gasteiger partial charge is 0.313 e. The van der Waals surface area contributed by atoms with Crippen LogP contribution in [0.4, 0.5) is 0 Å². The van der Waals surface area contributed by atoms with E-state index in [2.05, 4.69) is 29.4 Å². The maximum Gasteiger partial charge on any atom is 0.0702 e. The highest BCUT2D eigenvalue weighted by Gasteiger charge is 1.95. The topological polar surface area (TPSA) is 24.9 Å². The number of benzene rings is 1. The standard InChI is InChI=1S/C12H13N2/c1-2-13-8-10-7-11-5-3-4-6-12(11)14-9-10/h3-7,9,13H,1-2,8H2. The molecule has 0 aliphatic heterocycles. The van der Waals surface area contributed by atoms with Gasteiger partial charge in [0.2, 0.25) is 0 Å². The normalized spacial score (nSPS) is 10.6. The summed E-state index contributed by atoms with van der Waals surface area (Å²) in [6, 6.07) is 10.3. The molecule has 0 fully saturated rings. The van der Waals surface area contributed by atoms with Crippen molar-refractivity contribution in [1.82, 2.24) is 10.3 Å². The summed E-state index contributed by atoms with van der Waals surface area (Å²) in [6.07, 6.45) is 1.91. The summed E-state index contributed by atoms with van der Waals surface area (Å²) in [5, 5.41) is 4.37. The van der Waals surface area contributed by atoms with E-state index in [1.165, 1.54) is 10.9 Å². The van der Waals surface area contributed by atoms with E-state index >= 15 is 0 Å². The van der Waals surface area contributed by atoms with Crippen LogP contribution >= 0.6 is 0 Å². The van der Waals surface area contributed by atoms with Gasteiger partial charge in [0.1, 0.15) is 0 Å². The molecule has 0 aliphatic carbocycles. The molecule has 0 saturated carbocycles. The molecule has 1 N–H and O–H groups in total. The average molecular weight is 185 g/mol. The molecule has 0 unspecified atom stereocenters. The van der Waals surface area contributed by atoms with Crippen molar-refractivity contribution in [2.24, 2.45) is 0 Å². The number of nitrogens with one attached hydrogen (secondary N) is 1. The van der Waals surface area contributed by atoms with E-state index in [4.69, 9.17) is 0 Å². The molecule has 0 bridgehead atoms. The van der Waals surface area contributed by atoms with Gasteiger partial charge in [0, 0.05) is 18.1 Å². The molecule has 2 aromatic rings. The van der Waals surface area contributed by atoms with Gasteiger partial charge in [-0.2, -0.15) is 0 Å². The van der Waals surface area contributed by atoms with Gasteiger partial charge in [-0.3, -0.25) is 4.98 Å². The summed E-state index contributed by atoms with van der Waals surface area (Å²) in [4.78, 5) is 4.37. The first-order valence-electron chi connectivity index (χ1n) is 4.74. The summed E-state index contributed by atoms with van der Waals surface area (Å²) < 4.78 is 0. The highest BCUT2D eigenvalue weighted by Crippen LogP contribution is 2.12. The fourth-order valence-corrected chi connectivity index (χ4v) is 1.45. The van der Waals surface area contributed by atoms with Crippen LogP contribution in [0.5, 0.6) is 0 Å². The monoisotopic (exact) mass is 185 g/mol. The number of para-hydroxylation sites is 1. The van der Waals surface area contributed by atoms with Crippen molar-refractivity contribution in [1.29, 1.82) is 0 Å². The lowest BCUT2D eigenvalue weighted by molar-refractivity contribution is 0.756. The Bertz CT molecular complexity index is 423. The molecule has 14 heavy (non-hydrogen) atoms. The first-order valence-corrected chi connectivity index (χ1v) is 4.74. The zero-order valence-corrected chi connectivity index (χ0v) is 8.03. The van der Waals surface area contributed by atoms with Crippen LogP contribution in [-0.4, -0.2) is 11.5 Å². The molecule has 2 heteroatoms. The summed E-state index contributed by atoms with van der Waals surface area (Å²) in [5.41, 5.74) is 2.25. The zero-order valence-electron chi connectivity index (χ0n) is 8.03. The number of nitrogens with zero attached hydrogens (tertiary/aromatic N) is 1. The van der Waals surface area contributed by atoms with Crippen LogP contribution in [-0.2, 0) is 6.54 Å². The molecule has 1 aromatic carbocycles. The molecule has 0 aliphatic rings. The molecule has 1 radical (unpaired) electrons. The predicted molar refractivity (Wildman–Crippen MR) is 58.8 cm³/mol. The maximum absolute atomic E-state index is 4.37. The lowest BCUT2D eigenvalue weighted by atomic mass is 10.1. The first kappa shape index (κ1) is 9.16. The van der Waals surface area contributed by atoms with Gasteiger partial charge in [-0.15, -0.1) is 0 Å². The van der Waals surface area contributed by atoms with Gasteiger partial charge >= 0.3 is 0 Å². The fourth-order valence-electron chi connectivity index (χ4n) is 1.45. The van der Waals surface area contributed by atoms with Crippen LogP contribution in [0.1, 0.15) is 5.56 Å². The fraction of sp³-hybridized carbons (Fsp3) is 0.167. The van der Waals surface area contributed by atoms with Crippen molar-refractivity contribution in [2.75, 3.05) is 6.54 Å². The Hall–Kier alpha value is -1.41. The smallest absolute Gasteiger partial charge is 0.0702 e. The van der Waals surface area contributed by atoms with Crippen molar-refractivity contribution in [3.63, 3.8) is 0 Å². The molecular weight excluding hydrogens is 172 g/mol. The van der Waals surface area contributed by atoms with Crippen LogP contribution in [0.2, 0.25) is 0 Å². The average Bonchev–Trinajstić information content (AvgIpc) is 2.26. The minimum Gasteiger partial charge on any atom is -0.313 e.